The van der Waals surface area contributed by atoms with Crippen molar-refractivity contribution in [1.82, 2.24) is 10.2 Å². The predicted molar refractivity (Wildman–Crippen MR) is 133 cm³/mol. The zero-order valence-electron chi connectivity index (χ0n) is 20.7. The Morgan fingerprint density at radius 1 is 1.16 bits per heavy atom. The first-order valence-electron chi connectivity index (χ1n) is 11.7. The molecule has 2 saturated heterocycles. The molecule has 0 aliphatic carbocycles. The highest BCUT2D eigenvalue weighted by atomic mass is 32.2. The minimum Gasteiger partial charge on any atom is -0.496 e. The third kappa shape index (κ3) is 4.62. The molecule has 0 bridgehead atoms. The molecule has 6 unspecified atom stereocenters. The van der Waals surface area contributed by atoms with Gasteiger partial charge < -0.3 is 40.3 Å². The Bertz CT molecular complexity index is 1180. The number of nitrogens with zero attached hydrogens (tertiary/aromatic N) is 1. The van der Waals surface area contributed by atoms with Gasteiger partial charge in [0, 0.05) is 28.7 Å². The molecule has 200 valence electrons. The van der Waals surface area contributed by atoms with Crippen molar-refractivity contribution in [3.05, 3.63) is 28.3 Å². The van der Waals surface area contributed by atoms with E-state index in [1.807, 2.05) is 6.92 Å². The molecule has 2 fully saturated rings. The number of rotatable bonds is 9. The number of aliphatic carboxylic acids is 1. The van der Waals surface area contributed by atoms with Crippen molar-refractivity contribution in [1.29, 1.82) is 0 Å². The summed E-state index contributed by atoms with van der Waals surface area (Å²) in [4.78, 5) is 51.0. The van der Waals surface area contributed by atoms with E-state index in [4.69, 9.17) is 9.47 Å². The van der Waals surface area contributed by atoms with Crippen molar-refractivity contribution < 1.29 is 44.0 Å². The van der Waals surface area contributed by atoms with E-state index in [1.54, 1.807) is 0 Å². The number of aliphatic hydroxyl groups excluding tert-OH is 1. The highest BCUT2D eigenvalue weighted by molar-refractivity contribution is 8.03. The first-order valence-corrected chi connectivity index (χ1v) is 12.6. The number of fused-ring (bicyclic) bond motifs is 1. The first-order chi connectivity index (χ1) is 17.5. The average molecular weight is 536 g/mol. The molecule has 3 heterocycles. The molecule has 0 spiro atoms. The van der Waals surface area contributed by atoms with E-state index >= 15 is 0 Å². The summed E-state index contributed by atoms with van der Waals surface area (Å²) in [6, 6.07) is 1.63. The van der Waals surface area contributed by atoms with Crippen LogP contribution >= 0.6 is 11.8 Å². The summed E-state index contributed by atoms with van der Waals surface area (Å²) in [5.41, 5.74) is -0.0122. The monoisotopic (exact) mass is 535 g/mol. The maximum atomic E-state index is 13.0. The van der Waals surface area contributed by atoms with Crippen LogP contribution in [-0.2, 0) is 14.4 Å². The summed E-state index contributed by atoms with van der Waals surface area (Å²) in [6.45, 7) is 3.80. The van der Waals surface area contributed by atoms with E-state index in [9.17, 15) is 34.5 Å². The van der Waals surface area contributed by atoms with Gasteiger partial charge in [0.1, 0.15) is 22.8 Å². The molecule has 4 rings (SSSR count). The van der Waals surface area contributed by atoms with Crippen molar-refractivity contribution in [3.8, 4) is 11.5 Å². The highest BCUT2D eigenvalue weighted by Gasteiger charge is 2.60. The normalized spacial score (nSPS) is 27.4. The van der Waals surface area contributed by atoms with Crippen LogP contribution in [-0.4, -0.2) is 88.2 Å². The molecule has 6 atom stereocenters. The fraction of sp³-hybridized carbons (Fsp3) is 0.500. The molecule has 12 nitrogen and oxygen atoms in total. The van der Waals surface area contributed by atoms with Crippen LogP contribution in [0.5, 0.6) is 11.5 Å². The number of carbonyl (C=O) groups is 4. The fourth-order valence-electron chi connectivity index (χ4n) is 5.23. The summed E-state index contributed by atoms with van der Waals surface area (Å²) >= 11 is 1.33. The number of thioether (sulfide) groups is 1. The third-order valence-electron chi connectivity index (χ3n) is 7.02. The lowest BCUT2D eigenvalue weighted by Crippen LogP contribution is -2.63. The van der Waals surface area contributed by atoms with Crippen LogP contribution < -0.4 is 20.1 Å². The van der Waals surface area contributed by atoms with Crippen molar-refractivity contribution in [2.75, 3.05) is 26.1 Å². The summed E-state index contributed by atoms with van der Waals surface area (Å²) in [5, 5.41) is 35.0. The zero-order chi connectivity index (χ0) is 27.2. The van der Waals surface area contributed by atoms with Gasteiger partial charge in [0.05, 0.1) is 44.0 Å². The third-order valence-corrected chi connectivity index (χ3v) is 8.53. The molecule has 0 aromatic heterocycles. The quantitative estimate of drug-likeness (QED) is 0.285. The topological polar surface area (TPSA) is 175 Å². The van der Waals surface area contributed by atoms with Crippen molar-refractivity contribution in [3.63, 3.8) is 0 Å². The van der Waals surface area contributed by atoms with E-state index in [-0.39, 0.29) is 39.6 Å². The van der Waals surface area contributed by atoms with Crippen LogP contribution in [0.3, 0.4) is 0 Å². The number of methoxy groups -OCH3 is 2. The molecule has 5 N–H and O–H groups in total. The van der Waals surface area contributed by atoms with Crippen molar-refractivity contribution in [2.24, 2.45) is 11.8 Å². The van der Waals surface area contributed by atoms with Gasteiger partial charge in [-0.05, 0) is 19.4 Å². The Kier molecular flexibility index (Phi) is 7.40. The van der Waals surface area contributed by atoms with Gasteiger partial charge in [-0.3, -0.25) is 9.59 Å². The number of β-lactam (4-membered cyclic amide) rings is 1. The van der Waals surface area contributed by atoms with Crippen LogP contribution in [0.1, 0.15) is 30.6 Å². The number of nitrogens with one attached hydrogen (secondary N) is 2. The van der Waals surface area contributed by atoms with Gasteiger partial charge in [0.2, 0.25) is 11.8 Å². The summed E-state index contributed by atoms with van der Waals surface area (Å²) in [6.07, 6.45) is -0.504. The van der Waals surface area contributed by atoms with Crippen LogP contribution in [0.15, 0.2) is 22.7 Å². The van der Waals surface area contributed by atoms with Gasteiger partial charge in [0.15, 0.2) is 0 Å². The number of anilines is 1. The second kappa shape index (κ2) is 10.2. The Balaban J connectivity index is 1.47. The molecule has 0 saturated carbocycles. The minimum absolute atomic E-state index is 0.0542. The van der Waals surface area contributed by atoms with E-state index < -0.39 is 47.9 Å². The Morgan fingerprint density at radius 2 is 1.84 bits per heavy atom. The number of carboxylic acid groups (broad SMARTS) is 2. The van der Waals surface area contributed by atoms with E-state index in [0.29, 0.717) is 17.9 Å². The molecular weight excluding hydrogens is 506 g/mol. The van der Waals surface area contributed by atoms with Crippen molar-refractivity contribution >= 4 is 41.2 Å². The minimum atomic E-state index is -1.22. The van der Waals surface area contributed by atoms with E-state index in [2.05, 4.69) is 10.6 Å². The van der Waals surface area contributed by atoms with Gasteiger partial charge in [-0.25, -0.2) is 9.59 Å². The van der Waals surface area contributed by atoms with Crippen LogP contribution in [0, 0.1) is 11.8 Å². The van der Waals surface area contributed by atoms with Gasteiger partial charge in [-0.2, -0.15) is 0 Å². The zero-order valence-corrected chi connectivity index (χ0v) is 21.5. The molecule has 3 aliphatic heterocycles. The number of hydrogen-bond acceptors (Lipinski definition) is 9. The van der Waals surface area contributed by atoms with E-state index in [0.717, 1.165) is 0 Å². The van der Waals surface area contributed by atoms with Gasteiger partial charge in [-0.1, -0.05) is 6.92 Å². The molecular formula is C24H29N3O9S. The molecule has 0 radical (unpaired) electrons. The van der Waals surface area contributed by atoms with Crippen LogP contribution in [0.25, 0.3) is 0 Å². The molecule has 3 aliphatic rings. The molecule has 37 heavy (non-hydrogen) atoms. The number of aliphatic hydroxyl groups is 1. The summed E-state index contributed by atoms with van der Waals surface area (Å²) < 4.78 is 10.4. The number of amides is 2. The Hall–Kier alpha value is -3.29. The van der Waals surface area contributed by atoms with Gasteiger partial charge >= 0.3 is 11.9 Å². The smallest absolute Gasteiger partial charge is 0.353 e. The SMILES string of the molecule is COc1cc(OC)c(C(=O)O)cc1NC(=O)C1CC(SC2=C(C(=O)O)N3C(=O)C(C(C)O)C3C2C)CN1. The lowest BCUT2D eigenvalue weighted by Gasteiger charge is -2.46. The molecule has 1 aromatic rings. The summed E-state index contributed by atoms with van der Waals surface area (Å²) in [7, 11) is 2.72. The molecule has 2 amide bonds. The second-order valence-corrected chi connectivity index (χ2v) is 10.6. The van der Waals surface area contributed by atoms with Crippen LogP contribution in [0.4, 0.5) is 5.69 Å². The number of carboxylic acids is 2. The average Bonchev–Trinajstić information content (AvgIpc) is 3.40. The van der Waals surface area contributed by atoms with Gasteiger partial charge in [-0.15, -0.1) is 11.8 Å². The number of carbonyl (C=O) groups excluding carboxylic acids is 2. The lowest BCUT2D eigenvalue weighted by molar-refractivity contribution is -0.163. The number of hydrogen-bond donors (Lipinski definition) is 5. The molecule has 13 heteroatoms. The summed E-state index contributed by atoms with van der Waals surface area (Å²) in [5.74, 6) is -3.80. The molecule has 1 aromatic carbocycles. The highest BCUT2D eigenvalue weighted by Crippen LogP contribution is 2.51. The lowest BCUT2D eigenvalue weighted by atomic mass is 9.79. The second-order valence-electron chi connectivity index (χ2n) is 9.26. The van der Waals surface area contributed by atoms with Gasteiger partial charge in [0.25, 0.3) is 0 Å². The largest absolute Gasteiger partial charge is 0.496 e. The Labute approximate surface area is 217 Å². The first kappa shape index (κ1) is 26.8. The standard InChI is InChI=1S/C24H29N3O9S/c1-9-18-17(10(2)28)22(30)27(18)19(24(33)34)20(9)37-11-5-14(25-8-11)21(29)26-13-6-12(23(31)32)15(35-3)7-16(13)36-4/h6-7,9-11,14,17-18,25,28H,5,8H2,1-4H3,(H,26,29)(H,31,32)(H,33,34). The Morgan fingerprint density at radius 3 is 2.41 bits per heavy atom. The maximum absolute atomic E-state index is 13.0. The number of benzene rings is 1. The van der Waals surface area contributed by atoms with E-state index in [1.165, 1.54) is 49.9 Å². The predicted octanol–water partition coefficient (Wildman–Crippen LogP) is 0.958. The fourth-order valence-corrected chi connectivity index (χ4v) is 6.71. The van der Waals surface area contributed by atoms with Crippen LogP contribution in [0.2, 0.25) is 0 Å². The maximum Gasteiger partial charge on any atom is 0.353 e. The number of aromatic carboxylic acids is 1. The van der Waals surface area contributed by atoms with Crippen molar-refractivity contribution in [2.45, 2.75) is 43.7 Å². The number of ether oxygens (including phenoxy) is 2.